The minimum atomic E-state index is -4.44. The number of aliphatic hydroxyl groups is 1. The number of nitrogens with zero attached hydrogens (tertiary/aromatic N) is 1. The number of pyridine rings is 1. The lowest BCUT2D eigenvalue weighted by atomic mass is 9.68. The van der Waals surface area contributed by atoms with Crippen LogP contribution in [0.4, 0.5) is 13.2 Å². The van der Waals surface area contributed by atoms with Crippen LogP contribution in [0.1, 0.15) is 130 Å². The van der Waals surface area contributed by atoms with Gasteiger partial charge in [-0.1, -0.05) is 65.7 Å². The average molecular weight is 620 g/mol. The number of benzene rings is 1. The lowest BCUT2D eigenvalue weighted by Gasteiger charge is -2.49. The van der Waals surface area contributed by atoms with Crippen LogP contribution in [-0.2, 0) is 21.5 Å². The number of hydrogen-bond acceptors (Lipinski definition) is 4. The van der Waals surface area contributed by atoms with Crippen molar-refractivity contribution in [1.82, 2.24) is 4.98 Å². The van der Waals surface area contributed by atoms with Crippen molar-refractivity contribution in [2.24, 2.45) is 5.41 Å². The Kier molecular flexibility index (Phi) is 8.93. The maximum Gasteiger partial charge on any atom is 0.416 e. The van der Waals surface area contributed by atoms with E-state index in [0.717, 1.165) is 65.9 Å². The molecule has 5 rings (SSSR count). The first-order valence-corrected chi connectivity index (χ1v) is 18.0. The summed E-state index contributed by atoms with van der Waals surface area (Å²) >= 11 is 0. The maximum absolute atomic E-state index is 13.4. The van der Waals surface area contributed by atoms with Crippen molar-refractivity contribution in [1.29, 1.82) is 0 Å². The molecule has 2 atom stereocenters. The van der Waals surface area contributed by atoms with Crippen molar-refractivity contribution >= 4 is 15.9 Å². The fraction of sp³-hybridized carbons (Fsp3) is 0.629. The minimum absolute atomic E-state index is 0.000975. The fourth-order valence-electron chi connectivity index (χ4n) is 6.95. The topological polar surface area (TPSA) is 51.6 Å². The molecule has 2 heterocycles. The Morgan fingerprint density at radius 2 is 1.72 bits per heavy atom. The Labute approximate surface area is 257 Å². The standard InChI is InChI=1S/C35H48F3NO3S/c1-22(2)31-30(32(40)24-10-12-25(13-11-24)35(36,37)38)28(23-14-18-41-19-15-23)29-26(39-31)20-34(16-8-9-17-34)21-27(29)42-43(6,7)33(3,4)5/h10-14,22,27,32,40H,8-9,15-21H2,1-7H3. The van der Waals surface area contributed by atoms with Gasteiger partial charge in [-0.2, -0.15) is 13.2 Å². The second-order valence-electron chi connectivity index (χ2n) is 14.4. The molecule has 1 N–H and O–H groups in total. The quantitative estimate of drug-likeness (QED) is 0.350. The first-order valence-electron chi connectivity index (χ1n) is 15.6. The molecular formula is C35H48F3NO3S. The number of aliphatic hydroxyl groups excluding tert-OH is 1. The molecule has 8 heteroatoms. The molecule has 1 aromatic heterocycles. The molecule has 1 spiro atoms. The van der Waals surface area contributed by atoms with Crippen molar-refractivity contribution in [3.8, 4) is 0 Å². The van der Waals surface area contributed by atoms with E-state index in [-0.39, 0.29) is 22.2 Å². The van der Waals surface area contributed by atoms with Crippen molar-refractivity contribution in [2.75, 3.05) is 25.7 Å². The van der Waals surface area contributed by atoms with Crippen molar-refractivity contribution in [3.63, 3.8) is 0 Å². The zero-order chi connectivity index (χ0) is 31.4. The van der Waals surface area contributed by atoms with E-state index in [0.29, 0.717) is 30.8 Å². The van der Waals surface area contributed by atoms with Crippen LogP contribution >= 0.6 is 10.3 Å². The zero-order valence-corrected chi connectivity index (χ0v) is 27.6. The van der Waals surface area contributed by atoms with E-state index < -0.39 is 28.2 Å². The van der Waals surface area contributed by atoms with Crippen LogP contribution in [0.5, 0.6) is 0 Å². The molecule has 2 aromatic rings. The summed E-state index contributed by atoms with van der Waals surface area (Å²) in [6.45, 7) is 11.9. The van der Waals surface area contributed by atoms with E-state index in [1.807, 2.05) is 0 Å². The molecule has 3 aliphatic rings. The summed E-state index contributed by atoms with van der Waals surface area (Å²) < 4.78 is 53.1. The lowest BCUT2D eigenvalue weighted by molar-refractivity contribution is -0.137. The number of alkyl halides is 3. The van der Waals surface area contributed by atoms with E-state index in [2.05, 4.69) is 53.2 Å². The van der Waals surface area contributed by atoms with Crippen LogP contribution in [0.25, 0.3) is 5.57 Å². The number of halogens is 3. The Morgan fingerprint density at radius 1 is 1.07 bits per heavy atom. The monoisotopic (exact) mass is 619 g/mol. The Morgan fingerprint density at radius 3 is 2.26 bits per heavy atom. The van der Waals surface area contributed by atoms with Crippen LogP contribution < -0.4 is 0 Å². The molecule has 1 saturated carbocycles. The molecule has 2 aliphatic carbocycles. The predicted octanol–water partition coefficient (Wildman–Crippen LogP) is 9.45. The smallest absolute Gasteiger partial charge is 0.384 e. The van der Waals surface area contributed by atoms with E-state index in [1.54, 1.807) is 0 Å². The molecule has 43 heavy (non-hydrogen) atoms. The Bertz CT molecular complexity index is 1350. The van der Waals surface area contributed by atoms with Crippen LogP contribution in [0, 0.1) is 5.41 Å². The third kappa shape index (κ3) is 6.45. The largest absolute Gasteiger partial charge is 0.416 e. The van der Waals surface area contributed by atoms with Gasteiger partial charge in [-0.15, -0.1) is 10.3 Å². The second kappa shape index (κ2) is 11.8. The summed E-state index contributed by atoms with van der Waals surface area (Å²) in [6, 6.07) is 4.90. The highest BCUT2D eigenvalue weighted by atomic mass is 32.3. The third-order valence-corrected chi connectivity index (χ3v) is 13.7. The summed E-state index contributed by atoms with van der Waals surface area (Å²) in [6.07, 6.45) is 8.08. The third-order valence-electron chi connectivity index (χ3n) is 10.0. The SMILES string of the molecule is CC(C)c1nc2c(c(C3=CCOCC3)c1C(O)c1ccc(C(F)(F)F)cc1)C(OS(C)(C)C(C)(C)C)CC1(CCCC1)C2. The average Bonchev–Trinajstić information content (AvgIpc) is 3.37. The van der Waals surface area contributed by atoms with Gasteiger partial charge in [0.15, 0.2) is 0 Å². The van der Waals surface area contributed by atoms with Gasteiger partial charge in [-0.3, -0.25) is 4.98 Å². The van der Waals surface area contributed by atoms with Gasteiger partial charge in [0.25, 0.3) is 0 Å². The van der Waals surface area contributed by atoms with Crippen molar-refractivity contribution < 1.29 is 27.2 Å². The van der Waals surface area contributed by atoms with Gasteiger partial charge in [0.2, 0.25) is 0 Å². The van der Waals surface area contributed by atoms with Crippen LogP contribution in [0.3, 0.4) is 0 Å². The molecule has 0 saturated heterocycles. The molecule has 0 bridgehead atoms. The fourth-order valence-corrected chi connectivity index (χ4v) is 7.98. The van der Waals surface area contributed by atoms with E-state index in [9.17, 15) is 18.3 Å². The molecule has 2 unspecified atom stereocenters. The summed E-state index contributed by atoms with van der Waals surface area (Å²) in [5.41, 5.74) is 5.57. The van der Waals surface area contributed by atoms with Crippen molar-refractivity contribution in [2.45, 2.75) is 109 Å². The predicted molar refractivity (Wildman–Crippen MR) is 169 cm³/mol. The summed E-state index contributed by atoms with van der Waals surface area (Å²) in [5.74, 6) is 0.000975. The van der Waals surface area contributed by atoms with Crippen LogP contribution in [-0.4, -0.2) is 40.6 Å². The van der Waals surface area contributed by atoms with E-state index in [4.69, 9.17) is 13.9 Å². The number of rotatable bonds is 6. The first-order chi connectivity index (χ1) is 20.0. The molecule has 0 amide bonds. The van der Waals surface area contributed by atoms with Gasteiger partial charge in [-0.05, 0) is 84.8 Å². The van der Waals surface area contributed by atoms with Crippen LogP contribution in [0.2, 0.25) is 0 Å². The molecule has 1 aromatic carbocycles. The van der Waals surface area contributed by atoms with Gasteiger partial charge in [0.1, 0.15) is 6.10 Å². The highest BCUT2D eigenvalue weighted by Crippen LogP contribution is 2.62. The molecule has 0 radical (unpaired) electrons. The lowest BCUT2D eigenvalue weighted by Crippen LogP contribution is -2.35. The second-order valence-corrected chi connectivity index (χ2v) is 18.3. The van der Waals surface area contributed by atoms with Gasteiger partial charge in [0.05, 0.1) is 24.9 Å². The Hall–Kier alpha value is -1.87. The van der Waals surface area contributed by atoms with Gasteiger partial charge in [-0.25, -0.2) is 0 Å². The highest BCUT2D eigenvalue weighted by molar-refractivity contribution is 8.29. The van der Waals surface area contributed by atoms with E-state index >= 15 is 0 Å². The number of ether oxygens (including phenoxy) is 1. The first kappa shape index (κ1) is 32.5. The number of aromatic nitrogens is 1. The molecule has 238 valence electrons. The summed E-state index contributed by atoms with van der Waals surface area (Å²) in [7, 11) is -1.51. The summed E-state index contributed by atoms with van der Waals surface area (Å²) in [4.78, 5) is 5.36. The van der Waals surface area contributed by atoms with Gasteiger partial charge < -0.3 is 14.0 Å². The van der Waals surface area contributed by atoms with Gasteiger partial charge in [0, 0.05) is 27.3 Å². The maximum atomic E-state index is 13.4. The van der Waals surface area contributed by atoms with E-state index in [1.165, 1.54) is 25.0 Å². The Balaban J connectivity index is 1.76. The number of fused-ring (bicyclic) bond motifs is 1. The molecule has 1 fully saturated rings. The zero-order valence-electron chi connectivity index (χ0n) is 26.7. The summed E-state index contributed by atoms with van der Waals surface area (Å²) in [5, 5.41) is 12.1. The van der Waals surface area contributed by atoms with Gasteiger partial charge >= 0.3 is 6.18 Å². The molecule has 1 aliphatic heterocycles. The highest BCUT2D eigenvalue weighted by Gasteiger charge is 2.47. The number of hydrogen-bond donors (Lipinski definition) is 1. The molecular weight excluding hydrogens is 571 g/mol. The van der Waals surface area contributed by atoms with Crippen LogP contribution in [0.15, 0.2) is 30.3 Å². The molecule has 4 nitrogen and oxygen atoms in total. The van der Waals surface area contributed by atoms with Crippen molar-refractivity contribution in [3.05, 3.63) is 69.5 Å². The normalized spacial score (nSPS) is 22.0. The minimum Gasteiger partial charge on any atom is -0.384 e.